The Morgan fingerprint density at radius 1 is 1.11 bits per heavy atom. The van der Waals surface area contributed by atoms with Crippen molar-refractivity contribution in [3.05, 3.63) is 35.4 Å². The molecule has 0 fully saturated rings. The molecule has 2 N–H and O–H groups in total. The molecule has 0 heterocycles. The zero-order valence-corrected chi connectivity index (χ0v) is 16.3. The van der Waals surface area contributed by atoms with Gasteiger partial charge in [0.2, 0.25) is 5.91 Å². The van der Waals surface area contributed by atoms with Crippen LogP contribution in [0.5, 0.6) is 0 Å². The summed E-state index contributed by atoms with van der Waals surface area (Å²) in [6.07, 6.45) is 0.658. The molecular weight excluding hydrogens is 360 g/mol. The van der Waals surface area contributed by atoms with Crippen molar-refractivity contribution in [1.82, 2.24) is 10.6 Å². The highest BCUT2D eigenvalue weighted by molar-refractivity contribution is 5.94. The number of ether oxygens (including phenoxy) is 1. The van der Waals surface area contributed by atoms with Gasteiger partial charge in [0, 0.05) is 34.1 Å². The maximum absolute atomic E-state index is 12.0. The van der Waals surface area contributed by atoms with E-state index in [1.54, 1.807) is 12.1 Å². The van der Waals surface area contributed by atoms with E-state index in [2.05, 4.69) is 10.6 Å². The lowest BCUT2D eigenvalue weighted by molar-refractivity contribution is -0.132. The van der Waals surface area contributed by atoms with E-state index >= 15 is 0 Å². The molecule has 1 aromatic carbocycles. The van der Waals surface area contributed by atoms with Crippen LogP contribution in [0.25, 0.3) is 0 Å². The standard InChI is InChI=1S/C21H30N2O5/c1-4-15-7-9-16(10-8-15)21(27)22-11-12-28-14-20(26)23-18(19(25)6-3)13-17(24)5-2/h7-10,18H,4-6,11-14H2,1-3H3,(H,22,27)(H,23,26)/t18-/m0/s1/i2D,3D. The summed E-state index contributed by atoms with van der Waals surface area (Å²) in [4.78, 5) is 47.8. The molecule has 1 rings (SSSR count). The van der Waals surface area contributed by atoms with E-state index in [9.17, 15) is 19.2 Å². The molecule has 0 saturated heterocycles. The molecule has 0 aliphatic rings. The first-order valence-corrected chi connectivity index (χ1v) is 9.28. The van der Waals surface area contributed by atoms with E-state index in [1.807, 2.05) is 19.1 Å². The second-order valence-electron chi connectivity index (χ2n) is 6.19. The predicted molar refractivity (Wildman–Crippen MR) is 106 cm³/mol. The lowest BCUT2D eigenvalue weighted by Crippen LogP contribution is -2.43. The van der Waals surface area contributed by atoms with E-state index in [0.29, 0.717) is 5.56 Å². The first-order chi connectivity index (χ1) is 14.4. The van der Waals surface area contributed by atoms with Gasteiger partial charge in [-0.25, -0.2) is 0 Å². The summed E-state index contributed by atoms with van der Waals surface area (Å²) in [6.45, 7) is 1.82. The first kappa shape index (κ1) is 20.2. The van der Waals surface area contributed by atoms with Gasteiger partial charge >= 0.3 is 0 Å². The third-order valence-electron chi connectivity index (χ3n) is 4.07. The van der Waals surface area contributed by atoms with Crippen LogP contribution in [0.15, 0.2) is 24.3 Å². The van der Waals surface area contributed by atoms with Crippen molar-refractivity contribution in [2.75, 3.05) is 19.8 Å². The Kier molecular flexibility index (Phi) is 9.22. The SMILES string of the molecule is [2H]CCC(=O)C[C@H](NC(=O)COCCNC(=O)c1ccc(CC)cc1)C(=O)CC[2H]. The van der Waals surface area contributed by atoms with Gasteiger partial charge in [0.15, 0.2) is 5.78 Å². The van der Waals surface area contributed by atoms with Gasteiger partial charge in [-0.2, -0.15) is 0 Å². The normalized spacial score (nSPS) is 12.5. The minimum absolute atomic E-state index is 0.0118. The summed E-state index contributed by atoms with van der Waals surface area (Å²) in [5, 5.41) is 5.15. The first-order valence-electron chi connectivity index (χ1n) is 10.7. The lowest BCUT2D eigenvalue weighted by Gasteiger charge is -2.16. The molecule has 7 nitrogen and oxygen atoms in total. The molecule has 28 heavy (non-hydrogen) atoms. The van der Waals surface area contributed by atoms with Crippen molar-refractivity contribution in [2.45, 2.75) is 52.4 Å². The van der Waals surface area contributed by atoms with Gasteiger partial charge in [0.1, 0.15) is 12.4 Å². The second kappa shape index (κ2) is 12.8. The maximum atomic E-state index is 12.0. The van der Waals surface area contributed by atoms with Gasteiger partial charge in [-0.15, -0.1) is 0 Å². The molecule has 0 radical (unpaired) electrons. The Bertz CT molecular complexity index is 710. The van der Waals surface area contributed by atoms with Crippen LogP contribution in [0, 0.1) is 0 Å². The van der Waals surface area contributed by atoms with Crippen LogP contribution in [0.4, 0.5) is 0 Å². The fraction of sp³-hybridized carbons (Fsp3) is 0.524. The largest absolute Gasteiger partial charge is 0.370 e. The third-order valence-corrected chi connectivity index (χ3v) is 4.07. The number of aryl methyl sites for hydroxylation is 1. The van der Waals surface area contributed by atoms with Crippen molar-refractivity contribution < 1.29 is 26.7 Å². The van der Waals surface area contributed by atoms with Crippen molar-refractivity contribution in [3.8, 4) is 0 Å². The summed E-state index contributed by atoms with van der Waals surface area (Å²) in [6, 6.07) is 6.28. The number of benzene rings is 1. The quantitative estimate of drug-likeness (QED) is 0.499. The Balaban J connectivity index is 2.35. The number of amides is 2. The van der Waals surface area contributed by atoms with Crippen LogP contribution in [0.1, 0.15) is 58.6 Å². The molecule has 7 heteroatoms. The molecule has 0 unspecified atom stereocenters. The average Bonchev–Trinajstić information content (AvgIpc) is 2.73. The maximum Gasteiger partial charge on any atom is 0.251 e. The van der Waals surface area contributed by atoms with Crippen LogP contribution in [-0.4, -0.2) is 49.2 Å². The monoisotopic (exact) mass is 392 g/mol. The van der Waals surface area contributed by atoms with Gasteiger partial charge in [-0.1, -0.05) is 32.9 Å². The van der Waals surface area contributed by atoms with E-state index in [4.69, 9.17) is 7.48 Å². The van der Waals surface area contributed by atoms with E-state index in [-0.39, 0.29) is 64.5 Å². The molecule has 0 spiro atoms. The summed E-state index contributed by atoms with van der Waals surface area (Å²) < 4.78 is 19.4. The van der Waals surface area contributed by atoms with Crippen LogP contribution in [-0.2, 0) is 25.5 Å². The fourth-order valence-electron chi connectivity index (χ4n) is 2.38. The highest BCUT2D eigenvalue weighted by Crippen LogP contribution is 2.05. The molecule has 1 aromatic rings. The molecule has 0 saturated carbocycles. The zero-order chi connectivity index (χ0) is 22.4. The van der Waals surface area contributed by atoms with Crippen LogP contribution < -0.4 is 10.6 Å². The number of Topliss-reactive ketones (excluding diaryl/α,β-unsaturated/α-hetero) is 2. The second-order valence-corrected chi connectivity index (χ2v) is 6.19. The average molecular weight is 392 g/mol. The third kappa shape index (κ3) is 8.43. The number of carbonyl (C=O) groups excluding carboxylic acids is 4. The van der Waals surface area contributed by atoms with Crippen molar-refractivity contribution in [3.63, 3.8) is 0 Å². The van der Waals surface area contributed by atoms with Gasteiger partial charge in [0.05, 0.1) is 12.6 Å². The van der Waals surface area contributed by atoms with Gasteiger partial charge in [-0.05, 0) is 24.1 Å². The van der Waals surface area contributed by atoms with E-state index in [1.165, 1.54) is 0 Å². The highest BCUT2D eigenvalue weighted by Gasteiger charge is 2.21. The fourth-order valence-corrected chi connectivity index (χ4v) is 2.38. The van der Waals surface area contributed by atoms with Crippen LogP contribution in [0.3, 0.4) is 0 Å². The Morgan fingerprint density at radius 3 is 2.46 bits per heavy atom. The van der Waals surface area contributed by atoms with Crippen molar-refractivity contribution in [2.24, 2.45) is 0 Å². The zero-order valence-electron chi connectivity index (χ0n) is 18.3. The van der Waals surface area contributed by atoms with Crippen molar-refractivity contribution >= 4 is 23.4 Å². The molecule has 0 bridgehead atoms. The number of rotatable bonds is 13. The van der Waals surface area contributed by atoms with Gasteiger partial charge in [0.25, 0.3) is 5.91 Å². The molecule has 154 valence electrons. The minimum Gasteiger partial charge on any atom is -0.370 e. The lowest BCUT2D eigenvalue weighted by atomic mass is 10.0. The smallest absolute Gasteiger partial charge is 0.251 e. The number of nitrogens with one attached hydrogen (secondary N) is 2. The summed E-state index contributed by atoms with van der Waals surface area (Å²) in [5.41, 5.74) is 1.68. The molecular formula is C21H30N2O5. The Hall–Kier alpha value is -2.54. The Morgan fingerprint density at radius 2 is 1.82 bits per heavy atom. The Labute approximate surface area is 169 Å². The van der Waals surface area contributed by atoms with E-state index < -0.39 is 17.7 Å². The van der Waals surface area contributed by atoms with Crippen LogP contribution in [0.2, 0.25) is 0 Å². The summed E-state index contributed by atoms with van der Waals surface area (Å²) in [7, 11) is 0. The molecule has 0 aliphatic heterocycles. The van der Waals surface area contributed by atoms with E-state index in [0.717, 1.165) is 12.0 Å². The highest BCUT2D eigenvalue weighted by atomic mass is 16.5. The van der Waals surface area contributed by atoms with Crippen LogP contribution >= 0.6 is 0 Å². The molecule has 1 atom stereocenters. The minimum atomic E-state index is -1.00. The molecule has 0 aromatic heterocycles. The van der Waals surface area contributed by atoms with Gasteiger partial charge < -0.3 is 15.4 Å². The summed E-state index contributed by atoms with van der Waals surface area (Å²) in [5.74, 6) is -1.47. The topological polar surface area (TPSA) is 102 Å². The number of ketones is 2. The number of carbonyl (C=O) groups is 4. The summed E-state index contributed by atoms with van der Waals surface area (Å²) >= 11 is 0. The predicted octanol–water partition coefficient (Wildman–Crippen LogP) is 1.83. The van der Waals surface area contributed by atoms with Crippen molar-refractivity contribution in [1.29, 1.82) is 0 Å². The number of hydrogen-bond acceptors (Lipinski definition) is 5. The molecule has 0 aliphatic carbocycles. The number of hydrogen-bond donors (Lipinski definition) is 2. The molecule has 2 amide bonds. The van der Waals surface area contributed by atoms with Gasteiger partial charge in [-0.3, -0.25) is 19.2 Å².